The monoisotopic (exact) mass is 283 g/mol. The Morgan fingerprint density at radius 1 is 1.33 bits per heavy atom. The molecule has 0 spiro atoms. The maximum absolute atomic E-state index is 11.7. The van der Waals surface area contributed by atoms with E-state index in [1.54, 1.807) is 23.3 Å². The summed E-state index contributed by atoms with van der Waals surface area (Å²) in [4.78, 5) is 23.4. The first-order chi connectivity index (χ1) is 10.3. The molecule has 0 aliphatic rings. The van der Waals surface area contributed by atoms with Crippen LogP contribution in [0.15, 0.2) is 43.0 Å². The zero-order valence-corrected chi connectivity index (χ0v) is 11.6. The smallest absolute Gasteiger partial charge is 0.239 e. The first-order valence-corrected chi connectivity index (χ1v) is 6.97. The predicted molar refractivity (Wildman–Crippen MR) is 79.7 cm³/mol. The van der Waals surface area contributed by atoms with Crippen molar-refractivity contribution < 1.29 is 4.79 Å². The Morgan fingerprint density at radius 2 is 2.24 bits per heavy atom. The molecule has 0 unspecified atom stereocenters. The minimum atomic E-state index is -0.00222. The summed E-state index contributed by atoms with van der Waals surface area (Å²) in [6, 6.07) is 7.96. The second kappa shape index (κ2) is 6.21. The number of aromatic nitrogens is 4. The number of carbonyl (C=O) groups is 1. The number of benzene rings is 1. The second-order valence-electron chi connectivity index (χ2n) is 4.89. The zero-order valence-electron chi connectivity index (χ0n) is 11.6. The van der Waals surface area contributed by atoms with Crippen LogP contribution in [0, 0.1) is 0 Å². The summed E-state index contributed by atoms with van der Waals surface area (Å²) >= 11 is 0. The van der Waals surface area contributed by atoms with Crippen molar-refractivity contribution in [1.82, 2.24) is 24.8 Å². The van der Waals surface area contributed by atoms with Crippen molar-refractivity contribution in [2.24, 2.45) is 0 Å². The van der Waals surface area contributed by atoms with Gasteiger partial charge in [0.15, 0.2) is 0 Å². The molecule has 6 nitrogen and oxygen atoms in total. The summed E-state index contributed by atoms with van der Waals surface area (Å²) in [5.74, 6) is 0.956. The van der Waals surface area contributed by atoms with Crippen molar-refractivity contribution in [2.45, 2.75) is 19.4 Å². The van der Waals surface area contributed by atoms with E-state index in [0.717, 1.165) is 29.7 Å². The lowest BCUT2D eigenvalue weighted by atomic mass is 10.3. The number of aryl methyl sites for hydroxylation is 1. The number of fused-ring (bicyclic) bond motifs is 1. The molecule has 0 fully saturated rings. The number of para-hydroxylation sites is 2. The Labute approximate surface area is 122 Å². The molecule has 6 heteroatoms. The van der Waals surface area contributed by atoms with Crippen molar-refractivity contribution in [3.8, 4) is 0 Å². The lowest BCUT2D eigenvalue weighted by Gasteiger charge is -2.04. The normalized spacial score (nSPS) is 10.9. The van der Waals surface area contributed by atoms with E-state index < -0.39 is 0 Å². The molecular weight excluding hydrogens is 266 g/mol. The van der Waals surface area contributed by atoms with E-state index in [4.69, 9.17) is 0 Å². The number of aromatic amines is 1. The second-order valence-corrected chi connectivity index (χ2v) is 4.89. The molecule has 2 N–H and O–H groups in total. The van der Waals surface area contributed by atoms with E-state index in [2.05, 4.69) is 20.3 Å². The predicted octanol–water partition coefficient (Wildman–Crippen LogP) is 1.51. The molecule has 0 bridgehead atoms. The molecule has 108 valence electrons. The Bertz CT molecular complexity index is 684. The molecule has 21 heavy (non-hydrogen) atoms. The molecule has 3 aromatic rings. The molecule has 1 amide bonds. The van der Waals surface area contributed by atoms with E-state index in [0.29, 0.717) is 13.1 Å². The topological polar surface area (TPSA) is 75.6 Å². The summed E-state index contributed by atoms with van der Waals surface area (Å²) in [6.07, 6.45) is 6.74. The van der Waals surface area contributed by atoms with E-state index in [-0.39, 0.29) is 5.91 Å². The van der Waals surface area contributed by atoms with Crippen LogP contribution in [0.25, 0.3) is 11.0 Å². The van der Waals surface area contributed by atoms with Crippen molar-refractivity contribution in [1.29, 1.82) is 0 Å². The molecule has 0 aliphatic heterocycles. The third-order valence-corrected chi connectivity index (χ3v) is 3.24. The van der Waals surface area contributed by atoms with Gasteiger partial charge in [0.05, 0.1) is 17.4 Å². The van der Waals surface area contributed by atoms with Crippen LogP contribution in [0.5, 0.6) is 0 Å². The maximum Gasteiger partial charge on any atom is 0.239 e. The standard InChI is InChI=1S/C15H17N5O/c21-15(10-20-9-8-16-11-20)17-7-3-6-14-18-12-4-1-2-5-13(12)19-14/h1-2,4-5,8-9,11H,3,6-7,10H2,(H,17,21)(H,18,19). The fourth-order valence-corrected chi connectivity index (χ4v) is 2.21. The number of carbonyl (C=O) groups excluding carboxylic acids is 1. The zero-order chi connectivity index (χ0) is 14.5. The Balaban J connectivity index is 1.42. The molecule has 0 saturated heterocycles. The molecule has 1 aromatic carbocycles. The molecule has 2 aromatic heterocycles. The summed E-state index contributed by atoms with van der Waals surface area (Å²) < 4.78 is 1.74. The average Bonchev–Trinajstić information content (AvgIpc) is 3.12. The van der Waals surface area contributed by atoms with Crippen molar-refractivity contribution in [2.75, 3.05) is 6.54 Å². The van der Waals surface area contributed by atoms with Gasteiger partial charge >= 0.3 is 0 Å². The number of hydrogen-bond donors (Lipinski definition) is 2. The largest absolute Gasteiger partial charge is 0.355 e. The number of hydrogen-bond acceptors (Lipinski definition) is 3. The Kier molecular flexibility index (Phi) is 3.95. The highest BCUT2D eigenvalue weighted by molar-refractivity contribution is 5.75. The van der Waals surface area contributed by atoms with Crippen LogP contribution in [0.3, 0.4) is 0 Å². The number of rotatable bonds is 6. The van der Waals surface area contributed by atoms with Crippen LogP contribution in [0.2, 0.25) is 0 Å². The van der Waals surface area contributed by atoms with Gasteiger partial charge in [0.1, 0.15) is 12.4 Å². The highest BCUT2D eigenvalue weighted by atomic mass is 16.1. The molecular formula is C15H17N5O. The van der Waals surface area contributed by atoms with Gasteiger partial charge in [0.2, 0.25) is 5.91 Å². The molecule has 0 aliphatic carbocycles. The van der Waals surface area contributed by atoms with E-state index >= 15 is 0 Å². The van der Waals surface area contributed by atoms with Gasteiger partial charge in [-0.1, -0.05) is 12.1 Å². The fourth-order valence-electron chi connectivity index (χ4n) is 2.21. The maximum atomic E-state index is 11.7. The number of nitrogens with zero attached hydrogens (tertiary/aromatic N) is 3. The first-order valence-electron chi connectivity index (χ1n) is 6.97. The number of nitrogens with one attached hydrogen (secondary N) is 2. The van der Waals surface area contributed by atoms with Crippen LogP contribution in [0.1, 0.15) is 12.2 Å². The average molecular weight is 283 g/mol. The highest BCUT2D eigenvalue weighted by Crippen LogP contribution is 2.10. The molecule has 0 saturated carbocycles. The van der Waals surface area contributed by atoms with Gasteiger partial charge in [-0.2, -0.15) is 0 Å². The lowest BCUT2D eigenvalue weighted by molar-refractivity contribution is -0.121. The summed E-state index contributed by atoms with van der Waals surface area (Å²) in [7, 11) is 0. The number of H-pyrrole nitrogens is 1. The Hall–Kier alpha value is -2.63. The van der Waals surface area contributed by atoms with Crippen LogP contribution in [0.4, 0.5) is 0 Å². The van der Waals surface area contributed by atoms with Crippen LogP contribution in [-0.2, 0) is 17.8 Å². The minimum absolute atomic E-state index is 0.00222. The van der Waals surface area contributed by atoms with Crippen molar-refractivity contribution in [3.63, 3.8) is 0 Å². The van der Waals surface area contributed by atoms with Gasteiger partial charge in [0.25, 0.3) is 0 Å². The van der Waals surface area contributed by atoms with E-state index in [9.17, 15) is 4.79 Å². The quantitative estimate of drug-likeness (QED) is 0.673. The van der Waals surface area contributed by atoms with Crippen LogP contribution >= 0.6 is 0 Å². The minimum Gasteiger partial charge on any atom is -0.355 e. The van der Waals surface area contributed by atoms with Crippen LogP contribution in [-0.4, -0.2) is 32.0 Å². The molecule has 3 rings (SSSR count). The summed E-state index contributed by atoms with van der Waals surface area (Å²) in [5.41, 5.74) is 2.04. The number of imidazole rings is 2. The van der Waals surface area contributed by atoms with Crippen molar-refractivity contribution in [3.05, 3.63) is 48.8 Å². The van der Waals surface area contributed by atoms with E-state index in [1.807, 2.05) is 24.3 Å². The van der Waals surface area contributed by atoms with Gasteiger partial charge < -0.3 is 14.9 Å². The summed E-state index contributed by atoms with van der Waals surface area (Å²) in [6.45, 7) is 0.954. The summed E-state index contributed by atoms with van der Waals surface area (Å²) in [5, 5.41) is 2.90. The highest BCUT2D eigenvalue weighted by Gasteiger charge is 2.03. The first kappa shape index (κ1) is 13.4. The molecule has 2 heterocycles. The van der Waals surface area contributed by atoms with Gasteiger partial charge in [-0.3, -0.25) is 4.79 Å². The van der Waals surface area contributed by atoms with Crippen molar-refractivity contribution >= 4 is 16.9 Å². The fraction of sp³-hybridized carbons (Fsp3) is 0.267. The molecule has 0 radical (unpaired) electrons. The van der Waals surface area contributed by atoms with Gasteiger partial charge in [-0.25, -0.2) is 9.97 Å². The SMILES string of the molecule is O=C(Cn1ccnc1)NCCCc1nc2ccccc2[nH]1. The number of amides is 1. The third-order valence-electron chi connectivity index (χ3n) is 3.24. The Morgan fingerprint density at radius 3 is 3.05 bits per heavy atom. The lowest BCUT2D eigenvalue weighted by Crippen LogP contribution is -2.28. The van der Waals surface area contributed by atoms with Gasteiger partial charge in [-0.15, -0.1) is 0 Å². The third kappa shape index (κ3) is 3.47. The van der Waals surface area contributed by atoms with Gasteiger partial charge in [-0.05, 0) is 18.6 Å². The van der Waals surface area contributed by atoms with Gasteiger partial charge in [0, 0.05) is 25.4 Å². The van der Waals surface area contributed by atoms with E-state index in [1.165, 1.54) is 0 Å². The molecule has 0 atom stereocenters. The van der Waals surface area contributed by atoms with Crippen LogP contribution < -0.4 is 5.32 Å².